The molecule has 1 amide bonds. The molecule has 2 N–H and O–H groups in total. The van der Waals surface area contributed by atoms with E-state index in [2.05, 4.69) is 5.32 Å². The predicted molar refractivity (Wildman–Crippen MR) is 77.0 cm³/mol. The number of carbonyl (C=O) groups excluding carboxylic acids is 1. The lowest BCUT2D eigenvalue weighted by atomic mass is 10.0. The molecule has 1 unspecified atom stereocenters. The van der Waals surface area contributed by atoms with Gasteiger partial charge in [0, 0.05) is 12.6 Å². The monoisotopic (exact) mass is 281 g/mol. The highest BCUT2D eigenvalue weighted by molar-refractivity contribution is 5.77. The van der Waals surface area contributed by atoms with Crippen LogP contribution in [-0.4, -0.2) is 37.4 Å². The van der Waals surface area contributed by atoms with Crippen LogP contribution in [0.3, 0.4) is 0 Å². The number of aliphatic hydroxyl groups is 1. The maximum Gasteiger partial charge on any atom is 0.258 e. The number of methoxy groups -OCH3 is 1. The van der Waals surface area contributed by atoms with Crippen LogP contribution in [0.2, 0.25) is 0 Å². The van der Waals surface area contributed by atoms with Crippen LogP contribution < -0.4 is 14.8 Å². The van der Waals surface area contributed by atoms with Crippen LogP contribution in [0.25, 0.3) is 0 Å². The van der Waals surface area contributed by atoms with Crippen LogP contribution in [0.15, 0.2) is 24.3 Å². The second-order valence-corrected chi connectivity index (χ2v) is 4.89. The molecule has 5 heteroatoms. The summed E-state index contributed by atoms with van der Waals surface area (Å²) in [5, 5.41) is 11.8. The normalized spacial score (nSPS) is 12.1. The van der Waals surface area contributed by atoms with Crippen molar-refractivity contribution < 1.29 is 19.4 Å². The van der Waals surface area contributed by atoms with Gasteiger partial charge < -0.3 is 19.9 Å². The van der Waals surface area contributed by atoms with Crippen molar-refractivity contribution in [1.82, 2.24) is 5.32 Å². The van der Waals surface area contributed by atoms with Gasteiger partial charge in [-0.3, -0.25) is 4.79 Å². The average Bonchev–Trinajstić information content (AvgIpc) is 2.45. The van der Waals surface area contributed by atoms with E-state index in [0.29, 0.717) is 12.2 Å². The van der Waals surface area contributed by atoms with Crippen LogP contribution in [0.5, 0.6) is 11.5 Å². The number of hydrogen-bond acceptors (Lipinski definition) is 4. The number of amides is 1. The number of aliphatic hydroxyl groups excluding tert-OH is 1. The number of carbonyl (C=O) groups is 1. The summed E-state index contributed by atoms with van der Waals surface area (Å²) in [6, 6.07) is 7.01. The van der Waals surface area contributed by atoms with Crippen molar-refractivity contribution in [2.24, 2.45) is 5.92 Å². The topological polar surface area (TPSA) is 67.8 Å². The number of benzene rings is 1. The quantitative estimate of drug-likeness (QED) is 0.759. The molecule has 1 aromatic carbocycles. The number of nitrogens with one attached hydrogen (secondary N) is 1. The van der Waals surface area contributed by atoms with Crippen molar-refractivity contribution in [2.75, 3.05) is 20.3 Å². The number of hydrogen-bond donors (Lipinski definition) is 2. The molecule has 0 spiro atoms. The Morgan fingerprint density at radius 1 is 1.25 bits per heavy atom. The third-order valence-corrected chi connectivity index (χ3v) is 3.02. The number of rotatable bonds is 8. The SMILES string of the molecule is COc1ccc(OCC(=O)NC(CCO)C(C)C)cc1. The van der Waals surface area contributed by atoms with Gasteiger partial charge in [-0.1, -0.05) is 13.8 Å². The molecule has 20 heavy (non-hydrogen) atoms. The molecule has 112 valence electrons. The van der Waals surface area contributed by atoms with Gasteiger partial charge in [-0.2, -0.15) is 0 Å². The van der Waals surface area contributed by atoms with Crippen LogP contribution >= 0.6 is 0 Å². The van der Waals surface area contributed by atoms with Gasteiger partial charge >= 0.3 is 0 Å². The summed E-state index contributed by atoms with van der Waals surface area (Å²) in [5.41, 5.74) is 0. The summed E-state index contributed by atoms with van der Waals surface area (Å²) in [6.45, 7) is 4.03. The Balaban J connectivity index is 2.41. The van der Waals surface area contributed by atoms with Crippen molar-refractivity contribution in [3.05, 3.63) is 24.3 Å². The summed E-state index contributed by atoms with van der Waals surface area (Å²) in [5.74, 6) is 1.44. The minimum absolute atomic E-state index is 0.0352. The summed E-state index contributed by atoms with van der Waals surface area (Å²) in [7, 11) is 1.59. The van der Waals surface area contributed by atoms with E-state index in [1.807, 2.05) is 13.8 Å². The fraction of sp³-hybridized carbons (Fsp3) is 0.533. The zero-order valence-corrected chi connectivity index (χ0v) is 12.3. The minimum Gasteiger partial charge on any atom is -0.497 e. The molecule has 0 heterocycles. The van der Waals surface area contributed by atoms with Crippen molar-refractivity contribution in [2.45, 2.75) is 26.3 Å². The summed E-state index contributed by atoms with van der Waals surface area (Å²) in [6.07, 6.45) is 0.548. The second kappa shape index (κ2) is 8.43. The fourth-order valence-corrected chi connectivity index (χ4v) is 1.78. The van der Waals surface area contributed by atoms with Crippen molar-refractivity contribution in [1.29, 1.82) is 0 Å². The first-order chi connectivity index (χ1) is 9.56. The maximum atomic E-state index is 11.8. The lowest BCUT2D eigenvalue weighted by molar-refractivity contribution is -0.124. The first-order valence-electron chi connectivity index (χ1n) is 6.74. The van der Waals surface area contributed by atoms with E-state index in [4.69, 9.17) is 14.6 Å². The minimum atomic E-state index is -0.187. The lowest BCUT2D eigenvalue weighted by Crippen LogP contribution is -2.41. The second-order valence-electron chi connectivity index (χ2n) is 4.89. The third kappa shape index (κ3) is 5.48. The van der Waals surface area contributed by atoms with E-state index >= 15 is 0 Å². The van der Waals surface area contributed by atoms with E-state index in [9.17, 15) is 4.79 Å². The Kier molecular flexibility index (Phi) is 6.87. The van der Waals surface area contributed by atoms with E-state index in [-0.39, 0.29) is 31.1 Å². The number of ether oxygens (including phenoxy) is 2. The Hall–Kier alpha value is -1.75. The molecule has 5 nitrogen and oxygen atoms in total. The Labute approximate surface area is 119 Å². The van der Waals surface area contributed by atoms with Gasteiger partial charge in [-0.05, 0) is 36.6 Å². The molecule has 0 bridgehead atoms. The molecule has 0 aliphatic heterocycles. The van der Waals surface area contributed by atoms with Crippen LogP contribution in [0, 0.1) is 5.92 Å². The van der Waals surface area contributed by atoms with E-state index < -0.39 is 0 Å². The van der Waals surface area contributed by atoms with E-state index in [0.717, 1.165) is 5.75 Å². The predicted octanol–water partition coefficient (Wildman–Crippen LogP) is 1.60. The molecule has 1 rings (SSSR count). The van der Waals surface area contributed by atoms with Crippen LogP contribution in [0.4, 0.5) is 0 Å². The van der Waals surface area contributed by atoms with E-state index in [1.54, 1.807) is 31.4 Å². The molecule has 0 aromatic heterocycles. The smallest absolute Gasteiger partial charge is 0.258 e. The highest BCUT2D eigenvalue weighted by atomic mass is 16.5. The van der Waals surface area contributed by atoms with Crippen molar-refractivity contribution in [3.63, 3.8) is 0 Å². The first-order valence-corrected chi connectivity index (χ1v) is 6.74. The molecular formula is C15H23NO4. The van der Waals surface area contributed by atoms with Gasteiger partial charge in [0.1, 0.15) is 11.5 Å². The van der Waals surface area contributed by atoms with Gasteiger partial charge in [0.15, 0.2) is 6.61 Å². The molecule has 0 aliphatic rings. The molecule has 0 saturated heterocycles. The summed E-state index contributed by atoms with van der Waals surface area (Å²) >= 11 is 0. The fourth-order valence-electron chi connectivity index (χ4n) is 1.78. The van der Waals surface area contributed by atoms with Gasteiger partial charge in [-0.25, -0.2) is 0 Å². The van der Waals surface area contributed by atoms with Gasteiger partial charge in [0.05, 0.1) is 7.11 Å². The zero-order valence-electron chi connectivity index (χ0n) is 12.3. The Bertz CT molecular complexity index is 403. The highest BCUT2D eigenvalue weighted by Crippen LogP contribution is 2.16. The third-order valence-electron chi connectivity index (χ3n) is 3.02. The van der Waals surface area contributed by atoms with Crippen molar-refractivity contribution >= 4 is 5.91 Å². The molecule has 0 aliphatic carbocycles. The molecule has 0 fully saturated rings. The maximum absolute atomic E-state index is 11.8. The van der Waals surface area contributed by atoms with Crippen LogP contribution in [-0.2, 0) is 4.79 Å². The first kappa shape index (κ1) is 16.3. The van der Waals surface area contributed by atoms with Gasteiger partial charge in [0.2, 0.25) is 0 Å². The summed E-state index contributed by atoms with van der Waals surface area (Å²) < 4.78 is 10.4. The van der Waals surface area contributed by atoms with Crippen LogP contribution in [0.1, 0.15) is 20.3 Å². The largest absolute Gasteiger partial charge is 0.497 e. The Morgan fingerprint density at radius 3 is 2.35 bits per heavy atom. The molecule has 0 saturated carbocycles. The van der Waals surface area contributed by atoms with Gasteiger partial charge in [0.25, 0.3) is 5.91 Å². The molecular weight excluding hydrogens is 258 g/mol. The zero-order chi connectivity index (χ0) is 15.0. The van der Waals surface area contributed by atoms with Gasteiger partial charge in [-0.15, -0.1) is 0 Å². The summed E-state index contributed by atoms with van der Waals surface area (Å²) in [4.78, 5) is 11.8. The average molecular weight is 281 g/mol. The standard InChI is InChI=1S/C15H23NO4/c1-11(2)14(8-9-17)16-15(18)10-20-13-6-4-12(19-3)5-7-13/h4-7,11,14,17H,8-10H2,1-3H3,(H,16,18). The molecule has 0 radical (unpaired) electrons. The lowest BCUT2D eigenvalue weighted by Gasteiger charge is -2.21. The van der Waals surface area contributed by atoms with E-state index in [1.165, 1.54) is 0 Å². The Morgan fingerprint density at radius 2 is 1.85 bits per heavy atom. The van der Waals surface area contributed by atoms with Crippen molar-refractivity contribution in [3.8, 4) is 11.5 Å². The molecule has 1 aromatic rings. The molecule has 1 atom stereocenters. The highest BCUT2D eigenvalue weighted by Gasteiger charge is 2.15.